The highest BCUT2D eigenvalue weighted by Crippen LogP contribution is 1.97. The van der Waals surface area contributed by atoms with Crippen LogP contribution in [0, 0.1) is 11.3 Å². The number of hydrogen-bond donors (Lipinski definition) is 1. The summed E-state index contributed by atoms with van der Waals surface area (Å²) in [5.41, 5.74) is 0. The van der Waals surface area contributed by atoms with Crippen molar-refractivity contribution in [3.8, 4) is 6.07 Å². The third-order valence-electron chi connectivity index (χ3n) is 1.42. The van der Waals surface area contributed by atoms with Crippen molar-refractivity contribution < 1.29 is 14.4 Å². The molecular formula is C8H6N4O3. The molecule has 0 aromatic carbocycles. The van der Waals surface area contributed by atoms with E-state index in [2.05, 4.69) is 5.10 Å². The molecule has 1 aliphatic heterocycles. The quantitative estimate of drug-likeness (QED) is 0.282. The number of carbonyl (C=O) groups is 3. The van der Waals surface area contributed by atoms with Crippen LogP contribution in [0.15, 0.2) is 17.3 Å². The van der Waals surface area contributed by atoms with E-state index in [4.69, 9.17) is 5.26 Å². The van der Waals surface area contributed by atoms with Crippen LogP contribution in [0.4, 0.5) is 4.79 Å². The summed E-state index contributed by atoms with van der Waals surface area (Å²) in [6, 6.07) is 0.959. The predicted octanol–water partition coefficient (Wildman–Crippen LogP) is -0.827. The molecule has 15 heavy (non-hydrogen) atoms. The first-order chi connectivity index (χ1) is 7.13. The molecule has 0 saturated carbocycles. The molecule has 1 rings (SSSR count). The number of allylic oxidation sites excluding steroid dienone is 2. The Morgan fingerprint density at radius 3 is 2.87 bits per heavy atom. The van der Waals surface area contributed by atoms with Crippen LogP contribution in [0.2, 0.25) is 0 Å². The molecule has 0 unspecified atom stereocenters. The summed E-state index contributed by atoms with van der Waals surface area (Å²) >= 11 is 0. The molecule has 7 heteroatoms. The highest BCUT2D eigenvalue weighted by atomic mass is 16.2. The van der Waals surface area contributed by atoms with E-state index in [1.165, 1.54) is 0 Å². The van der Waals surface area contributed by atoms with Crippen LogP contribution in [0.5, 0.6) is 0 Å². The number of nitriles is 1. The minimum Gasteiger partial charge on any atom is -0.288 e. The van der Waals surface area contributed by atoms with E-state index in [-0.39, 0.29) is 6.54 Å². The third kappa shape index (κ3) is 3.04. The zero-order valence-corrected chi connectivity index (χ0v) is 7.51. The van der Waals surface area contributed by atoms with Crippen molar-refractivity contribution in [2.75, 3.05) is 6.54 Å². The number of amides is 3. The first-order valence-corrected chi connectivity index (χ1v) is 3.89. The van der Waals surface area contributed by atoms with E-state index in [0.29, 0.717) is 0 Å². The molecule has 76 valence electrons. The van der Waals surface area contributed by atoms with E-state index in [1.807, 2.05) is 5.32 Å². The van der Waals surface area contributed by atoms with E-state index in [9.17, 15) is 14.4 Å². The number of hydrazone groups is 1. The Bertz CT molecular complexity index is 405. The molecule has 0 spiro atoms. The number of hydrogen-bond acceptors (Lipinski definition) is 5. The number of nitrogens with one attached hydrogen (secondary N) is 1. The van der Waals surface area contributed by atoms with Gasteiger partial charge in [-0.15, -0.1) is 0 Å². The van der Waals surface area contributed by atoms with Crippen LogP contribution >= 0.6 is 0 Å². The zero-order chi connectivity index (χ0) is 11.3. The Kier molecular flexibility index (Phi) is 3.29. The SMILES string of the molecule is N#C/C=C/C(=O)/C=N/N1CC(=O)NC1=O. The minimum absolute atomic E-state index is 0.204. The summed E-state index contributed by atoms with van der Waals surface area (Å²) in [4.78, 5) is 32.5. The monoisotopic (exact) mass is 206 g/mol. The van der Waals surface area contributed by atoms with Gasteiger partial charge in [-0.2, -0.15) is 10.4 Å². The summed E-state index contributed by atoms with van der Waals surface area (Å²) in [6.07, 6.45) is 2.84. The van der Waals surface area contributed by atoms with Gasteiger partial charge in [0.1, 0.15) is 6.54 Å². The molecule has 1 fully saturated rings. The summed E-state index contributed by atoms with van der Waals surface area (Å²) in [6.45, 7) is -0.204. The largest absolute Gasteiger partial charge is 0.344 e. The molecule has 0 bridgehead atoms. The lowest BCUT2D eigenvalue weighted by Gasteiger charge is -2.02. The second-order valence-corrected chi connectivity index (χ2v) is 2.52. The standard InChI is InChI=1S/C8H6N4O3/c9-3-1-2-6(13)4-10-12-5-7(14)11-8(12)15/h1-2,4H,5H2,(H,11,14,15)/b2-1+,10-4+. The Labute approximate surface area is 84.7 Å². The van der Waals surface area contributed by atoms with Crippen LogP contribution in [-0.4, -0.2) is 35.5 Å². The number of urea groups is 1. The van der Waals surface area contributed by atoms with Gasteiger partial charge in [-0.3, -0.25) is 14.9 Å². The van der Waals surface area contributed by atoms with Crippen molar-refractivity contribution in [2.24, 2.45) is 5.10 Å². The molecule has 3 amide bonds. The Balaban J connectivity index is 2.55. The molecule has 0 aromatic rings. The van der Waals surface area contributed by atoms with Crippen molar-refractivity contribution in [2.45, 2.75) is 0 Å². The molecular weight excluding hydrogens is 200 g/mol. The molecule has 1 saturated heterocycles. The van der Waals surface area contributed by atoms with Gasteiger partial charge in [0, 0.05) is 6.08 Å². The molecule has 0 aromatic heterocycles. The van der Waals surface area contributed by atoms with E-state index in [1.54, 1.807) is 6.07 Å². The second-order valence-electron chi connectivity index (χ2n) is 2.52. The van der Waals surface area contributed by atoms with Crippen molar-refractivity contribution in [3.63, 3.8) is 0 Å². The lowest BCUT2D eigenvalue weighted by Crippen LogP contribution is -2.24. The van der Waals surface area contributed by atoms with Crippen molar-refractivity contribution >= 4 is 23.9 Å². The molecule has 7 nitrogen and oxygen atoms in total. The maximum absolute atomic E-state index is 10.9. The number of nitrogens with zero attached hydrogens (tertiary/aromatic N) is 3. The van der Waals surface area contributed by atoms with Gasteiger partial charge in [0.05, 0.1) is 12.3 Å². The third-order valence-corrected chi connectivity index (χ3v) is 1.42. The number of ketones is 1. The highest BCUT2D eigenvalue weighted by Gasteiger charge is 2.25. The first-order valence-electron chi connectivity index (χ1n) is 3.89. The van der Waals surface area contributed by atoms with Crippen LogP contribution in [0.25, 0.3) is 0 Å². The fourth-order valence-corrected chi connectivity index (χ4v) is 0.813. The van der Waals surface area contributed by atoms with Crippen LogP contribution in [0.1, 0.15) is 0 Å². The summed E-state index contributed by atoms with van der Waals surface area (Å²) in [5.74, 6) is -1.01. The van der Waals surface area contributed by atoms with Crippen LogP contribution < -0.4 is 5.32 Å². The van der Waals surface area contributed by atoms with E-state index < -0.39 is 17.7 Å². The minimum atomic E-state index is -0.673. The van der Waals surface area contributed by atoms with Gasteiger partial charge in [-0.25, -0.2) is 9.80 Å². The Morgan fingerprint density at radius 1 is 1.60 bits per heavy atom. The highest BCUT2D eigenvalue weighted by molar-refractivity contribution is 6.32. The lowest BCUT2D eigenvalue weighted by atomic mass is 10.4. The maximum atomic E-state index is 10.9. The normalized spacial score (nSPS) is 16.1. The average Bonchev–Trinajstić information content (AvgIpc) is 2.51. The average molecular weight is 206 g/mol. The summed E-state index contributed by atoms with van der Waals surface area (Å²) in [5, 5.41) is 14.4. The van der Waals surface area contributed by atoms with Gasteiger partial charge in [0.15, 0.2) is 5.78 Å². The van der Waals surface area contributed by atoms with Gasteiger partial charge in [0.25, 0.3) is 0 Å². The van der Waals surface area contributed by atoms with Crippen molar-refractivity contribution in [1.82, 2.24) is 10.3 Å². The predicted molar refractivity (Wildman–Crippen MR) is 48.5 cm³/mol. The van der Waals surface area contributed by atoms with Crippen LogP contribution in [-0.2, 0) is 9.59 Å². The number of imide groups is 1. The molecule has 1 N–H and O–H groups in total. The topological polar surface area (TPSA) is 103 Å². The summed E-state index contributed by atoms with van der Waals surface area (Å²) < 4.78 is 0. The lowest BCUT2D eigenvalue weighted by molar-refractivity contribution is -0.118. The fraction of sp³-hybridized carbons (Fsp3) is 0.125. The Morgan fingerprint density at radius 2 is 2.33 bits per heavy atom. The van der Waals surface area contributed by atoms with Gasteiger partial charge in [-0.1, -0.05) is 0 Å². The zero-order valence-electron chi connectivity index (χ0n) is 7.51. The van der Waals surface area contributed by atoms with Crippen molar-refractivity contribution in [1.29, 1.82) is 5.26 Å². The molecule has 1 heterocycles. The molecule has 0 atom stereocenters. The van der Waals surface area contributed by atoms with E-state index >= 15 is 0 Å². The first kappa shape index (κ1) is 10.6. The maximum Gasteiger partial charge on any atom is 0.344 e. The Hall–Kier alpha value is -2.49. The van der Waals surface area contributed by atoms with Crippen LogP contribution in [0.3, 0.4) is 0 Å². The molecule has 0 aliphatic carbocycles. The fourth-order valence-electron chi connectivity index (χ4n) is 0.813. The summed E-state index contributed by atoms with van der Waals surface area (Å²) in [7, 11) is 0. The van der Waals surface area contributed by atoms with Gasteiger partial charge in [0.2, 0.25) is 5.91 Å². The number of carbonyl (C=O) groups excluding carboxylic acids is 3. The smallest absolute Gasteiger partial charge is 0.288 e. The van der Waals surface area contributed by atoms with E-state index in [0.717, 1.165) is 23.4 Å². The van der Waals surface area contributed by atoms with Crippen molar-refractivity contribution in [3.05, 3.63) is 12.2 Å². The van der Waals surface area contributed by atoms with Gasteiger partial charge >= 0.3 is 6.03 Å². The molecule has 1 aliphatic rings. The molecule has 0 radical (unpaired) electrons. The van der Waals surface area contributed by atoms with Gasteiger partial charge in [-0.05, 0) is 6.08 Å². The second kappa shape index (κ2) is 4.66. The number of rotatable bonds is 3. The van der Waals surface area contributed by atoms with Gasteiger partial charge < -0.3 is 0 Å².